The Hall–Kier alpha value is -0.800. The first kappa shape index (κ1) is 9.29. The monoisotopic (exact) mass is 167 g/mol. The molecule has 1 aromatic heterocycles. The van der Waals surface area contributed by atoms with Crippen molar-refractivity contribution in [2.75, 3.05) is 6.54 Å². The zero-order valence-electron chi connectivity index (χ0n) is 7.46. The zero-order chi connectivity index (χ0) is 8.97. The van der Waals surface area contributed by atoms with Crippen LogP contribution in [0.5, 0.6) is 0 Å². The smallest absolute Gasteiger partial charge is 0.0336 e. The van der Waals surface area contributed by atoms with Gasteiger partial charge >= 0.3 is 0 Å². The SMILES string of the molecule is CC(CCN)C(N)c1cc[nH]c1. The van der Waals surface area contributed by atoms with E-state index in [0.29, 0.717) is 12.5 Å². The molecule has 0 aliphatic carbocycles. The summed E-state index contributed by atoms with van der Waals surface area (Å²) in [6.07, 6.45) is 4.81. The van der Waals surface area contributed by atoms with Crippen molar-refractivity contribution in [1.82, 2.24) is 4.98 Å². The Morgan fingerprint density at radius 2 is 2.33 bits per heavy atom. The van der Waals surface area contributed by atoms with Crippen molar-refractivity contribution in [2.45, 2.75) is 19.4 Å². The highest BCUT2D eigenvalue weighted by atomic mass is 14.7. The van der Waals surface area contributed by atoms with Crippen molar-refractivity contribution in [2.24, 2.45) is 17.4 Å². The van der Waals surface area contributed by atoms with Gasteiger partial charge in [-0.05, 0) is 30.5 Å². The minimum absolute atomic E-state index is 0.111. The Kier molecular flexibility index (Phi) is 3.31. The van der Waals surface area contributed by atoms with Crippen LogP contribution in [0.4, 0.5) is 0 Å². The van der Waals surface area contributed by atoms with Crippen molar-refractivity contribution in [1.29, 1.82) is 0 Å². The second-order valence-corrected chi connectivity index (χ2v) is 3.22. The predicted octanol–water partition coefficient (Wildman–Crippen LogP) is 0.999. The van der Waals surface area contributed by atoms with Gasteiger partial charge in [0.25, 0.3) is 0 Å². The summed E-state index contributed by atoms with van der Waals surface area (Å²) in [6.45, 7) is 2.84. The summed E-state index contributed by atoms with van der Waals surface area (Å²) in [5.74, 6) is 0.450. The van der Waals surface area contributed by atoms with Gasteiger partial charge in [-0.1, -0.05) is 6.92 Å². The van der Waals surface area contributed by atoms with E-state index in [-0.39, 0.29) is 6.04 Å². The highest BCUT2D eigenvalue weighted by Crippen LogP contribution is 2.20. The van der Waals surface area contributed by atoms with E-state index in [4.69, 9.17) is 11.5 Å². The molecule has 5 N–H and O–H groups in total. The minimum Gasteiger partial charge on any atom is -0.367 e. The minimum atomic E-state index is 0.111. The van der Waals surface area contributed by atoms with Crippen LogP contribution in [0.3, 0.4) is 0 Å². The molecule has 0 saturated heterocycles. The lowest BCUT2D eigenvalue weighted by molar-refractivity contribution is 0.444. The maximum atomic E-state index is 5.99. The van der Waals surface area contributed by atoms with E-state index in [1.54, 1.807) is 0 Å². The summed E-state index contributed by atoms with van der Waals surface area (Å²) in [6, 6.07) is 2.12. The topological polar surface area (TPSA) is 67.8 Å². The van der Waals surface area contributed by atoms with Crippen LogP contribution in [-0.4, -0.2) is 11.5 Å². The number of aromatic nitrogens is 1. The van der Waals surface area contributed by atoms with E-state index in [0.717, 1.165) is 12.0 Å². The maximum Gasteiger partial charge on any atom is 0.0336 e. The van der Waals surface area contributed by atoms with E-state index >= 15 is 0 Å². The molecule has 3 nitrogen and oxygen atoms in total. The highest BCUT2D eigenvalue weighted by molar-refractivity contribution is 5.13. The normalized spacial score (nSPS) is 15.9. The molecule has 12 heavy (non-hydrogen) atoms. The molecule has 0 aliphatic heterocycles. The Balaban J connectivity index is 2.53. The number of H-pyrrole nitrogens is 1. The molecule has 1 aromatic rings. The van der Waals surface area contributed by atoms with Crippen molar-refractivity contribution >= 4 is 0 Å². The molecule has 0 fully saturated rings. The first-order valence-corrected chi connectivity index (χ1v) is 4.34. The summed E-state index contributed by atoms with van der Waals surface area (Å²) in [5.41, 5.74) is 12.6. The molecule has 0 radical (unpaired) electrons. The van der Waals surface area contributed by atoms with Gasteiger partial charge in [-0.15, -0.1) is 0 Å². The average Bonchev–Trinajstić information content (AvgIpc) is 2.55. The molecule has 1 rings (SSSR count). The van der Waals surface area contributed by atoms with E-state index in [2.05, 4.69) is 11.9 Å². The lowest BCUT2D eigenvalue weighted by Gasteiger charge is -2.17. The van der Waals surface area contributed by atoms with E-state index < -0.39 is 0 Å². The largest absolute Gasteiger partial charge is 0.367 e. The number of nitrogens with one attached hydrogen (secondary N) is 1. The van der Waals surface area contributed by atoms with Gasteiger partial charge in [0.2, 0.25) is 0 Å². The quantitative estimate of drug-likeness (QED) is 0.626. The molecule has 0 amide bonds. The van der Waals surface area contributed by atoms with E-state index in [9.17, 15) is 0 Å². The van der Waals surface area contributed by atoms with Crippen molar-refractivity contribution < 1.29 is 0 Å². The van der Waals surface area contributed by atoms with E-state index in [1.807, 2.05) is 18.5 Å². The molecular weight excluding hydrogens is 150 g/mol. The number of aromatic amines is 1. The summed E-state index contributed by atoms with van der Waals surface area (Å²) in [4.78, 5) is 3.00. The average molecular weight is 167 g/mol. The first-order chi connectivity index (χ1) is 5.75. The van der Waals surface area contributed by atoms with Crippen molar-refractivity contribution in [3.05, 3.63) is 24.0 Å². The molecule has 1 heterocycles. The fourth-order valence-corrected chi connectivity index (χ4v) is 1.32. The first-order valence-electron chi connectivity index (χ1n) is 4.34. The van der Waals surface area contributed by atoms with Crippen molar-refractivity contribution in [3.63, 3.8) is 0 Å². The highest BCUT2D eigenvalue weighted by Gasteiger charge is 2.13. The molecule has 0 aliphatic rings. The third-order valence-corrected chi connectivity index (χ3v) is 2.24. The molecule has 2 unspecified atom stereocenters. The molecule has 0 spiro atoms. The lowest BCUT2D eigenvalue weighted by Crippen LogP contribution is -2.21. The fraction of sp³-hybridized carbons (Fsp3) is 0.556. The summed E-state index contributed by atoms with van der Waals surface area (Å²) in [7, 11) is 0. The number of hydrogen-bond donors (Lipinski definition) is 3. The van der Waals surface area contributed by atoms with Gasteiger partial charge in [0.05, 0.1) is 0 Å². The summed E-state index contributed by atoms with van der Waals surface area (Å²) in [5, 5.41) is 0. The Morgan fingerprint density at radius 1 is 1.58 bits per heavy atom. The van der Waals surface area contributed by atoms with Gasteiger partial charge in [0.15, 0.2) is 0 Å². The van der Waals surface area contributed by atoms with Crippen LogP contribution in [-0.2, 0) is 0 Å². The van der Waals surface area contributed by atoms with Gasteiger partial charge in [-0.2, -0.15) is 0 Å². The second-order valence-electron chi connectivity index (χ2n) is 3.22. The van der Waals surface area contributed by atoms with E-state index in [1.165, 1.54) is 0 Å². The van der Waals surface area contributed by atoms with Crippen LogP contribution in [0.25, 0.3) is 0 Å². The number of rotatable bonds is 4. The van der Waals surface area contributed by atoms with Crippen LogP contribution in [0, 0.1) is 5.92 Å². The predicted molar refractivity (Wildman–Crippen MR) is 50.6 cm³/mol. The fourth-order valence-electron chi connectivity index (χ4n) is 1.32. The van der Waals surface area contributed by atoms with Gasteiger partial charge in [-0.3, -0.25) is 0 Å². The van der Waals surface area contributed by atoms with Crippen LogP contribution < -0.4 is 11.5 Å². The van der Waals surface area contributed by atoms with Gasteiger partial charge in [-0.25, -0.2) is 0 Å². The van der Waals surface area contributed by atoms with Crippen LogP contribution in [0.15, 0.2) is 18.5 Å². The molecular formula is C9H17N3. The van der Waals surface area contributed by atoms with Gasteiger partial charge < -0.3 is 16.5 Å². The molecule has 0 bridgehead atoms. The van der Waals surface area contributed by atoms with Crippen LogP contribution >= 0.6 is 0 Å². The van der Waals surface area contributed by atoms with Gasteiger partial charge in [0, 0.05) is 18.4 Å². The third-order valence-electron chi connectivity index (χ3n) is 2.24. The lowest BCUT2D eigenvalue weighted by atomic mass is 9.95. The van der Waals surface area contributed by atoms with Crippen LogP contribution in [0.2, 0.25) is 0 Å². The Morgan fingerprint density at radius 3 is 2.83 bits per heavy atom. The summed E-state index contributed by atoms with van der Waals surface area (Å²) < 4.78 is 0. The number of nitrogens with two attached hydrogens (primary N) is 2. The standard InChI is InChI=1S/C9H17N3/c1-7(2-4-10)9(11)8-3-5-12-6-8/h3,5-7,9,12H,2,4,10-11H2,1H3. The van der Waals surface area contributed by atoms with Crippen molar-refractivity contribution in [3.8, 4) is 0 Å². The zero-order valence-corrected chi connectivity index (χ0v) is 7.46. The van der Waals surface area contributed by atoms with Crippen LogP contribution in [0.1, 0.15) is 24.9 Å². The second kappa shape index (κ2) is 4.28. The number of hydrogen-bond acceptors (Lipinski definition) is 2. The summed E-state index contributed by atoms with van der Waals surface area (Å²) >= 11 is 0. The molecule has 0 saturated carbocycles. The molecule has 0 aromatic carbocycles. The molecule has 3 heteroatoms. The Bertz CT molecular complexity index is 206. The third kappa shape index (κ3) is 2.09. The Labute approximate surface area is 73.1 Å². The van der Waals surface area contributed by atoms with Gasteiger partial charge in [0.1, 0.15) is 0 Å². The molecule has 68 valence electrons. The molecule has 2 atom stereocenters. The maximum absolute atomic E-state index is 5.99.